The van der Waals surface area contributed by atoms with Crippen LogP contribution in [0.5, 0.6) is 0 Å². The maximum Gasteiger partial charge on any atom is 0.472 e. The molecule has 0 radical (unpaired) electrons. The smallest absolute Gasteiger partial charge is 0.387 e. The first-order chi connectivity index (χ1) is 17.7. The lowest BCUT2D eigenvalue weighted by molar-refractivity contribution is -0.0888. The third-order valence-electron chi connectivity index (χ3n) is 6.64. The van der Waals surface area contributed by atoms with Gasteiger partial charge < -0.3 is 30.3 Å². The summed E-state index contributed by atoms with van der Waals surface area (Å²) in [4.78, 5) is 13.9. The Morgan fingerprint density at radius 3 is 2.54 bits per heavy atom. The molecule has 1 unspecified atom stereocenters. The number of nitrogens with two attached hydrogens (primary N) is 1. The molecule has 0 aliphatic carbocycles. The molecule has 1 fully saturated rings. The van der Waals surface area contributed by atoms with Crippen molar-refractivity contribution in [2.75, 3.05) is 32.2 Å². The zero-order valence-electron chi connectivity index (χ0n) is 21.7. The highest BCUT2D eigenvalue weighted by Crippen LogP contribution is 2.46. The van der Waals surface area contributed by atoms with Crippen molar-refractivity contribution in [2.24, 2.45) is 0 Å². The summed E-state index contributed by atoms with van der Waals surface area (Å²) in [7, 11) is -4.39. The lowest BCUT2D eigenvalue weighted by Crippen LogP contribution is -2.39. The number of rotatable bonds is 17. The predicted molar refractivity (Wildman–Crippen MR) is 137 cm³/mol. The van der Waals surface area contributed by atoms with Crippen molar-refractivity contribution >= 4 is 19.2 Å². The van der Waals surface area contributed by atoms with Crippen LogP contribution in [0.4, 0.5) is 5.82 Å². The number of phosphoric acid groups is 1. The van der Waals surface area contributed by atoms with Crippen molar-refractivity contribution in [1.29, 1.82) is 0 Å². The maximum absolute atomic E-state index is 12.3. The molecule has 5 N–H and O–H groups in total. The number of fused-ring (bicyclic) bond motifs is 1. The van der Waals surface area contributed by atoms with Gasteiger partial charge in [0.15, 0.2) is 5.82 Å². The van der Waals surface area contributed by atoms with Crippen molar-refractivity contribution in [2.45, 2.75) is 89.1 Å². The first-order valence-corrected chi connectivity index (χ1v) is 14.5. The number of nitrogens with zero attached hydrogens (tertiary/aromatic N) is 3. The van der Waals surface area contributed by atoms with Gasteiger partial charge in [0.2, 0.25) is 0 Å². The van der Waals surface area contributed by atoms with Crippen LogP contribution in [-0.4, -0.2) is 74.4 Å². The zero-order valence-corrected chi connectivity index (χ0v) is 22.6. The third kappa shape index (κ3) is 7.93. The van der Waals surface area contributed by atoms with E-state index < -0.39 is 38.3 Å². The Morgan fingerprint density at radius 2 is 1.78 bits per heavy atom. The molecule has 2 aromatic heterocycles. The van der Waals surface area contributed by atoms with Crippen LogP contribution in [0.2, 0.25) is 0 Å². The van der Waals surface area contributed by atoms with Gasteiger partial charge in [0.05, 0.1) is 18.9 Å². The lowest BCUT2D eigenvalue weighted by Gasteiger charge is -2.27. The van der Waals surface area contributed by atoms with Crippen LogP contribution < -0.4 is 5.73 Å². The van der Waals surface area contributed by atoms with Crippen LogP contribution in [0, 0.1) is 0 Å². The quantitative estimate of drug-likeness (QED) is 0.170. The van der Waals surface area contributed by atoms with Gasteiger partial charge >= 0.3 is 7.82 Å². The van der Waals surface area contributed by atoms with Crippen LogP contribution in [0.1, 0.15) is 70.9 Å². The molecule has 2 aromatic rings. The fraction of sp³-hybridized carbons (Fsp3) is 0.750. The van der Waals surface area contributed by atoms with E-state index in [2.05, 4.69) is 17.0 Å². The number of anilines is 1. The lowest BCUT2D eigenvalue weighted by atomic mass is 9.93. The molecule has 1 saturated heterocycles. The minimum atomic E-state index is -4.39. The number of aromatic nitrogens is 3. The summed E-state index contributed by atoms with van der Waals surface area (Å²) in [5.74, 6) is 0.249. The van der Waals surface area contributed by atoms with E-state index in [-0.39, 0.29) is 12.4 Å². The Hall–Kier alpha value is -1.63. The predicted octanol–water partition coefficient (Wildman–Crippen LogP) is 2.94. The molecule has 0 amide bonds. The average molecular weight is 545 g/mol. The summed E-state index contributed by atoms with van der Waals surface area (Å²) in [5, 5.41) is 25.5. The Kier molecular flexibility index (Phi) is 11.3. The van der Waals surface area contributed by atoms with Gasteiger partial charge in [0.25, 0.3) is 0 Å². The molecule has 1 aliphatic rings. The van der Waals surface area contributed by atoms with E-state index in [1.165, 1.54) is 42.9 Å². The van der Waals surface area contributed by atoms with Crippen LogP contribution in [0.3, 0.4) is 0 Å². The van der Waals surface area contributed by atoms with Gasteiger partial charge in [-0.15, -0.1) is 0 Å². The molecule has 0 aromatic carbocycles. The molecular formula is C24H41N4O8P. The van der Waals surface area contributed by atoms with Crippen molar-refractivity contribution in [3.63, 3.8) is 0 Å². The van der Waals surface area contributed by atoms with Crippen LogP contribution >= 0.6 is 7.82 Å². The molecule has 1 aliphatic heterocycles. The second-order valence-electron chi connectivity index (χ2n) is 9.54. The highest BCUT2D eigenvalue weighted by atomic mass is 31.2. The highest BCUT2D eigenvalue weighted by Gasteiger charge is 2.54. The van der Waals surface area contributed by atoms with Crippen LogP contribution in [-0.2, 0) is 28.7 Å². The zero-order chi connectivity index (χ0) is 26.9. The first-order valence-electron chi connectivity index (χ1n) is 13.0. The fourth-order valence-electron chi connectivity index (χ4n) is 4.47. The summed E-state index contributed by atoms with van der Waals surface area (Å²) in [5.41, 5.74) is 5.45. The van der Waals surface area contributed by atoms with Crippen molar-refractivity contribution in [3.05, 3.63) is 24.2 Å². The number of ether oxygens (including phenoxy) is 2. The van der Waals surface area contributed by atoms with Gasteiger partial charge in [-0.2, -0.15) is 5.10 Å². The SMILES string of the molecule is CCCCCCCCCOCCCOP(=O)(O)OC[C@H]1O[C@@](C)(c2ccc3c(N)ncnn23)[C@H](O)[C@@H]1O. The van der Waals surface area contributed by atoms with E-state index in [1.807, 2.05) is 0 Å². The molecule has 3 heterocycles. The summed E-state index contributed by atoms with van der Waals surface area (Å²) in [6.45, 7) is 4.39. The van der Waals surface area contributed by atoms with Crippen LogP contribution in [0.25, 0.3) is 5.52 Å². The Labute approximate surface area is 217 Å². The summed E-state index contributed by atoms with van der Waals surface area (Å²) >= 11 is 0. The second-order valence-corrected chi connectivity index (χ2v) is 11.0. The topological polar surface area (TPSA) is 171 Å². The van der Waals surface area contributed by atoms with Gasteiger partial charge in [-0.05, 0) is 31.9 Å². The van der Waals surface area contributed by atoms with E-state index in [9.17, 15) is 19.7 Å². The largest absolute Gasteiger partial charge is 0.472 e. The number of hydrogen-bond donors (Lipinski definition) is 4. The Morgan fingerprint density at radius 1 is 1.08 bits per heavy atom. The number of nitrogen functional groups attached to an aromatic ring is 1. The molecule has 12 nitrogen and oxygen atoms in total. The van der Waals surface area contributed by atoms with Gasteiger partial charge in [-0.25, -0.2) is 14.1 Å². The maximum atomic E-state index is 12.3. The van der Waals surface area contributed by atoms with Crippen LogP contribution in [0.15, 0.2) is 18.5 Å². The van der Waals surface area contributed by atoms with E-state index in [0.717, 1.165) is 12.8 Å². The number of aliphatic hydroxyl groups is 2. The standard InChI is InChI=1S/C24H41N4O8P/c1-3-4-5-6-7-8-9-13-33-14-10-15-34-37(31,32)35-16-19-21(29)22(30)24(2,36-19)20-12-11-18-23(25)26-17-27-28(18)20/h11-12,17,19,21-22,29-30H,3-10,13-16H2,1-2H3,(H,31,32)(H2,25,26,27)/t19-,21-,22-,24+/m1/s1. The van der Waals surface area contributed by atoms with Crippen molar-refractivity contribution < 1.29 is 38.2 Å². The van der Waals surface area contributed by atoms with E-state index in [0.29, 0.717) is 30.8 Å². The molecule has 0 saturated carbocycles. The van der Waals surface area contributed by atoms with Gasteiger partial charge in [0.1, 0.15) is 35.8 Å². The minimum absolute atomic E-state index is 0.0174. The van der Waals surface area contributed by atoms with Gasteiger partial charge in [0, 0.05) is 13.2 Å². The molecule has 210 valence electrons. The summed E-state index contributed by atoms with van der Waals surface area (Å²) in [6, 6.07) is 3.34. The molecule has 13 heteroatoms. The summed E-state index contributed by atoms with van der Waals surface area (Å²) < 4.78 is 35.3. The molecule has 0 bridgehead atoms. The van der Waals surface area contributed by atoms with E-state index in [1.54, 1.807) is 19.1 Å². The number of phosphoric ester groups is 1. The van der Waals surface area contributed by atoms with E-state index in [4.69, 9.17) is 24.3 Å². The molecule has 37 heavy (non-hydrogen) atoms. The van der Waals surface area contributed by atoms with Gasteiger partial charge in [-0.1, -0.05) is 45.4 Å². The third-order valence-corrected chi connectivity index (χ3v) is 7.62. The van der Waals surface area contributed by atoms with E-state index >= 15 is 0 Å². The number of aliphatic hydroxyl groups excluding tert-OH is 2. The Bertz CT molecular complexity index is 1020. The van der Waals surface area contributed by atoms with Crippen molar-refractivity contribution in [3.8, 4) is 0 Å². The first kappa shape index (κ1) is 29.9. The number of unbranched alkanes of at least 4 members (excludes halogenated alkanes) is 6. The summed E-state index contributed by atoms with van der Waals surface area (Å²) in [6.07, 6.45) is 6.35. The minimum Gasteiger partial charge on any atom is -0.387 e. The molecule has 0 spiro atoms. The molecule has 3 rings (SSSR count). The fourth-order valence-corrected chi connectivity index (χ4v) is 5.23. The monoisotopic (exact) mass is 544 g/mol. The van der Waals surface area contributed by atoms with Crippen molar-refractivity contribution in [1.82, 2.24) is 14.6 Å². The molecular weight excluding hydrogens is 503 g/mol. The average Bonchev–Trinajstić information content (AvgIpc) is 3.40. The molecule has 5 atom stereocenters. The number of hydrogen-bond acceptors (Lipinski definition) is 10. The normalized spacial score (nSPS) is 25.6. The van der Waals surface area contributed by atoms with Gasteiger partial charge in [-0.3, -0.25) is 9.05 Å². The Balaban J connectivity index is 1.38. The highest BCUT2D eigenvalue weighted by molar-refractivity contribution is 7.47. The second kappa shape index (κ2) is 14.0.